The van der Waals surface area contributed by atoms with Crippen LogP contribution in [0.15, 0.2) is 35.2 Å². The minimum atomic E-state index is -3.51. The second-order valence-corrected chi connectivity index (χ2v) is 10.0. The molecular weight excluding hydrogens is 412 g/mol. The number of hydrogen-bond acceptors (Lipinski definition) is 6. The number of piperazine rings is 1. The Hall–Kier alpha value is -2.78. The van der Waals surface area contributed by atoms with Gasteiger partial charge in [0.15, 0.2) is 11.6 Å². The van der Waals surface area contributed by atoms with Crippen molar-refractivity contribution in [1.29, 1.82) is 0 Å². The maximum atomic E-state index is 13.1. The highest BCUT2D eigenvalue weighted by Gasteiger charge is 2.30. The Morgan fingerprint density at radius 3 is 2.03 bits per heavy atom. The molecule has 3 aromatic rings. The number of sulfonamides is 1. The zero-order valence-electron chi connectivity index (χ0n) is 18.6. The number of nitrogens with zero attached hydrogens (tertiary/aromatic N) is 6. The molecule has 0 radical (unpaired) electrons. The number of rotatable bonds is 4. The van der Waals surface area contributed by atoms with Crippen LogP contribution < -0.4 is 4.90 Å². The van der Waals surface area contributed by atoms with Crippen molar-refractivity contribution in [1.82, 2.24) is 24.3 Å². The first kappa shape index (κ1) is 21.5. The molecule has 0 unspecified atom stereocenters. The van der Waals surface area contributed by atoms with E-state index in [4.69, 9.17) is 0 Å². The third-order valence-electron chi connectivity index (χ3n) is 6.02. The van der Waals surface area contributed by atoms with Gasteiger partial charge in [0.1, 0.15) is 0 Å². The number of hydrogen-bond donors (Lipinski definition) is 0. The van der Waals surface area contributed by atoms with E-state index in [1.165, 1.54) is 0 Å². The van der Waals surface area contributed by atoms with Crippen LogP contribution in [-0.2, 0) is 10.0 Å². The van der Waals surface area contributed by atoms with E-state index in [-0.39, 0.29) is 0 Å². The second-order valence-electron chi connectivity index (χ2n) is 8.12. The molecule has 0 aliphatic carbocycles. The van der Waals surface area contributed by atoms with Crippen LogP contribution in [0.1, 0.15) is 28.1 Å². The molecule has 0 atom stereocenters. The third-order valence-corrected chi connectivity index (χ3v) is 8.08. The lowest BCUT2D eigenvalue weighted by Gasteiger charge is -2.34. The van der Waals surface area contributed by atoms with E-state index in [1.54, 1.807) is 15.1 Å². The lowest BCUT2D eigenvalue weighted by atomic mass is 10.2. The van der Waals surface area contributed by atoms with Crippen molar-refractivity contribution >= 4 is 15.8 Å². The van der Waals surface area contributed by atoms with Gasteiger partial charge in [-0.1, -0.05) is 17.7 Å². The van der Waals surface area contributed by atoms with Crippen LogP contribution in [0.3, 0.4) is 0 Å². The summed E-state index contributed by atoms with van der Waals surface area (Å²) in [6.07, 6.45) is 0. The Balaban J connectivity index is 1.47. The molecule has 0 N–H and O–H groups in total. The molecule has 164 valence electrons. The molecule has 9 heteroatoms. The second kappa shape index (κ2) is 8.05. The van der Waals surface area contributed by atoms with E-state index in [0.29, 0.717) is 36.9 Å². The van der Waals surface area contributed by atoms with Gasteiger partial charge in [-0.15, -0.1) is 10.2 Å². The Labute approximate surface area is 183 Å². The van der Waals surface area contributed by atoms with Gasteiger partial charge in [-0.3, -0.25) is 0 Å². The maximum absolute atomic E-state index is 13.1. The van der Waals surface area contributed by atoms with Crippen molar-refractivity contribution < 1.29 is 8.42 Å². The molecule has 1 saturated heterocycles. The van der Waals surface area contributed by atoms with Gasteiger partial charge in [-0.25, -0.2) is 13.1 Å². The predicted molar refractivity (Wildman–Crippen MR) is 120 cm³/mol. The lowest BCUT2D eigenvalue weighted by Crippen LogP contribution is -2.49. The van der Waals surface area contributed by atoms with E-state index in [2.05, 4.69) is 20.2 Å². The molecular formula is C22H28N6O2S. The molecule has 1 fully saturated rings. The molecule has 3 heterocycles. The van der Waals surface area contributed by atoms with Crippen LogP contribution in [0, 0.1) is 34.6 Å². The molecule has 31 heavy (non-hydrogen) atoms. The van der Waals surface area contributed by atoms with Gasteiger partial charge in [-0.2, -0.15) is 9.40 Å². The topological polar surface area (TPSA) is 84.2 Å². The fourth-order valence-electron chi connectivity index (χ4n) is 3.93. The van der Waals surface area contributed by atoms with E-state index >= 15 is 0 Å². The average Bonchev–Trinajstić information content (AvgIpc) is 3.01. The summed E-state index contributed by atoms with van der Waals surface area (Å²) >= 11 is 0. The van der Waals surface area contributed by atoms with E-state index < -0.39 is 10.0 Å². The highest BCUT2D eigenvalue weighted by Crippen LogP contribution is 2.23. The normalized spacial score (nSPS) is 15.5. The molecule has 1 aliphatic rings. The molecule has 0 amide bonds. The highest BCUT2D eigenvalue weighted by molar-refractivity contribution is 7.89. The van der Waals surface area contributed by atoms with Gasteiger partial charge in [-0.05, 0) is 63.9 Å². The number of anilines is 1. The zero-order chi connectivity index (χ0) is 22.3. The van der Waals surface area contributed by atoms with Crippen molar-refractivity contribution in [2.24, 2.45) is 0 Å². The Morgan fingerprint density at radius 2 is 1.48 bits per heavy atom. The van der Waals surface area contributed by atoms with Crippen LogP contribution in [0.4, 0.5) is 5.82 Å². The van der Waals surface area contributed by atoms with E-state index in [0.717, 1.165) is 33.9 Å². The zero-order valence-corrected chi connectivity index (χ0v) is 19.4. The van der Waals surface area contributed by atoms with Gasteiger partial charge >= 0.3 is 0 Å². The molecule has 0 bridgehead atoms. The quantitative estimate of drug-likeness (QED) is 0.620. The highest BCUT2D eigenvalue weighted by atomic mass is 32.2. The standard InChI is InChI=1S/C22H28N6O2S/c1-15-6-7-20(16(2)14-15)31(29,30)27-12-10-26(11-13-27)21-8-9-22(24-23-21)28-19(5)17(3)18(4)25-28/h6-9,14H,10-13H2,1-5H3. The van der Waals surface area contributed by atoms with Crippen LogP contribution in [0.5, 0.6) is 0 Å². The molecule has 0 spiro atoms. The third kappa shape index (κ3) is 3.95. The fourth-order valence-corrected chi connectivity index (χ4v) is 5.56. The van der Waals surface area contributed by atoms with Crippen LogP contribution in [-0.4, -0.2) is 58.9 Å². The molecule has 1 aliphatic heterocycles. The lowest BCUT2D eigenvalue weighted by molar-refractivity contribution is 0.383. The summed E-state index contributed by atoms with van der Waals surface area (Å²) in [5, 5.41) is 13.3. The van der Waals surface area contributed by atoms with E-state index in [1.807, 2.05) is 58.9 Å². The van der Waals surface area contributed by atoms with E-state index in [9.17, 15) is 8.42 Å². The molecule has 1 aromatic carbocycles. The number of benzene rings is 1. The molecule has 8 nitrogen and oxygen atoms in total. The summed E-state index contributed by atoms with van der Waals surface area (Å²) in [7, 11) is -3.51. The maximum Gasteiger partial charge on any atom is 0.243 e. The smallest absolute Gasteiger partial charge is 0.243 e. The predicted octanol–water partition coefficient (Wildman–Crippen LogP) is 2.72. The molecule has 0 saturated carbocycles. The summed E-state index contributed by atoms with van der Waals surface area (Å²) in [5.74, 6) is 1.42. The van der Waals surface area contributed by atoms with Gasteiger partial charge in [0.25, 0.3) is 0 Å². The minimum absolute atomic E-state index is 0.385. The molecule has 2 aromatic heterocycles. The SMILES string of the molecule is Cc1ccc(S(=O)(=O)N2CCN(c3ccc(-n4nc(C)c(C)c4C)nn3)CC2)c(C)c1. The summed E-state index contributed by atoms with van der Waals surface area (Å²) in [4.78, 5) is 2.45. The van der Waals surface area contributed by atoms with Gasteiger partial charge in [0.2, 0.25) is 10.0 Å². The van der Waals surface area contributed by atoms with Crippen molar-refractivity contribution in [2.75, 3.05) is 31.1 Å². The minimum Gasteiger partial charge on any atom is -0.352 e. The van der Waals surface area contributed by atoms with Crippen molar-refractivity contribution in [2.45, 2.75) is 39.5 Å². The molecule has 4 rings (SSSR count). The van der Waals surface area contributed by atoms with Gasteiger partial charge in [0.05, 0.1) is 10.6 Å². The average molecular weight is 441 g/mol. The number of aromatic nitrogens is 4. The first-order valence-corrected chi connectivity index (χ1v) is 11.8. The summed E-state index contributed by atoms with van der Waals surface area (Å²) in [6.45, 7) is 11.8. The fraction of sp³-hybridized carbons (Fsp3) is 0.409. The Bertz CT molecular complexity index is 1210. The summed E-state index contributed by atoms with van der Waals surface area (Å²) in [5.41, 5.74) is 5.00. The Morgan fingerprint density at radius 1 is 0.839 bits per heavy atom. The van der Waals surface area contributed by atoms with Crippen molar-refractivity contribution in [3.63, 3.8) is 0 Å². The van der Waals surface area contributed by atoms with Gasteiger partial charge < -0.3 is 4.90 Å². The Kier molecular flexibility index (Phi) is 5.57. The van der Waals surface area contributed by atoms with Crippen LogP contribution in [0.2, 0.25) is 0 Å². The summed E-state index contributed by atoms with van der Waals surface area (Å²) < 4.78 is 29.5. The van der Waals surface area contributed by atoms with Gasteiger partial charge in [0, 0.05) is 31.9 Å². The largest absolute Gasteiger partial charge is 0.352 e. The first-order valence-electron chi connectivity index (χ1n) is 10.4. The van der Waals surface area contributed by atoms with Crippen molar-refractivity contribution in [3.8, 4) is 5.82 Å². The summed E-state index contributed by atoms with van der Waals surface area (Å²) in [6, 6.07) is 9.28. The van der Waals surface area contributed by atoms with Crippen LogP contribution >= 0.6 is 0 Å². The first-order chi connectivity index (χ1) is 14.7. The monoisotopic (exact) mass is 440 g/mol. The van der Waals surface area contributed by atoms with Crippen molar-refractivity contribution in [3.05, 3.63) is 58.4 Å². The van der Waals surface area contributed by atoms with Crippen LogP contribution in [0.25, 0.3) is 5.82 Å². The number of aryl methyl sites for hydroxylation is 3.